The molecule has 0 fully saturated rings. The fourth-order valence-corrected chi connectivity index (χ4v) is 4.27. The molecule has 0 bridgehead atoms. The van der Waals surface area contributed by atoms with Gasteiger partial charge in [-0.1, -0.05) is 29.8 Å². The van der Waals surface area contributed by atoms with Gasteiger partial charge in [0.15, 0.2) is 0 Å². The van der Waals surface area contributed by atoms with Crippen molar-refractivity contribution in [3.63, 3.8) is 0 Å². The van der Waals surface area contributed by atoms with E-state index in [4.69, 9.17) is 4.74 Å². The van der Waals surface area contributed by atoms with Crippen LogP contribution in [0, 0.1) is 12.7 Å². The summed E-state index contributed by atoms with van der Waals surface area (Å²) in [6.45, 7) is 1.36. The van der Waals surface area contributed by atoms with Gasteiger partial charge in [-0.25, -0.2) is 12.8 Å². The molecule has 0 atom stereocenters. The van der Waals surface area contributed by atoms with Crippen LogP contribution in [-0.4, -0.2) is 28.0 Å². The molecule has 0 aromatic heterocycles. The van der Waals surface area contributed by atoms with Crippen LogP contribution in [0.25, 0.3) is 0 Å². The molecule has 3 aromatic rings. The monoisotopic (exact) mass is 428 g/mol. The lowest BCUT2D eigenvalue weighted by Gasteiger charge is -2.25. The molecule has 6 nitrogen and oxygen atoms in total. The van der Waals surface area contributed by atoms with Gasteiger partial charge in [0, 0.05) is 5.69 Å². The van der Waals surface area contributed by atoms with E-state index in [1.54, 1.807) is 36.4 Å². The summed E-state index contributed by atoms with van der Waals surface area (Å²) in [5, 5.41) is 2.59. The maximum absolute atomic E-state index is 13.4. The largest absolute Gasteiger partial charge is 0.495 e. The second-order valence-electron chi connectivity index (χ2n) is 6.55. The van der Waals surface area contributed by atoms with Crippen molar-refractivity contribution < 1.29 is 22.3 Å². The fraction of sp³-hybridized carbons (Fsp3) is 0.136. The highest BCUT2D eigenvalue weighted by atomic mass is 32.2. The SMILES string of the molecule is COc1ccccc1N(CC(=O)Nc1ccc(F)cc1)S(=O)(=O)c1ccc(C)cc1. The number of carbonyl (C=O) groups is 1. The van der Waals surface area contributed by atoms with Crippen LogP contribution in [0.5, 0.6) is 5.75 Å². The lowest BCUT2D eigenvalue weighted by Crippen LogP contribution is -2.38. The summed E-state index contributed by atoms with van der Waals surface area (Å²) in [6.07, 6.45) is 0. The topological polar surface area (TPSA) is 75.7 Å². The molecule has 0 aliphatic carbocycles. The minimum absolute atomic E-state index is 0.0496. The standard InChI is InChI=1S/C22H21FN2O4S/c1-16-7-13-19(14-8-16)30(27,28)25(20-5-3-4-6-21(20)29-2)15-22(26)24-18-11-9-17(23)10-12-18/h3-14H,15H2,1-2H3,(H,24,26). The molecule has 0 saturated carbocycles. The number of nitrogens with zero attached hydrogens (tertiary/aromatic N) is 1. The Morgan fingerprint density at radius 3 is 2.27 bits per heavy atom. The number of ether oxygens (including phenoxy) is 1. The van der Waals surface area contributed by atoms with E-state index in [1.165, 1.54) is 43.5 Å². The van der Waals surface area contributed by atoms with Crippen molar-refractivity contribution in [1.29, 1.82) is 0 Å². The number of methoxy groups -OCH3 is 1. The molecule has 0 heterocycles. The van der Waals surface area contributed by atoms with Gasteiger partial charge >= 0.3 is 0 Å². The Morgan fingerprint density at radius 2 is 1.63 bits per heavy atom. The van der Waals surface area contributed by atoms with E-state index in [1.807, 2.05) is 6.92 Å². The lowest BCUT2D eigenvalue weighted by atomic mass is 10.2. The maximum Gasteiger partial charge on any atom is 0.264 e. The fourth-order valence-electron chi connectivity index (χ4n) is 2.84. The van der Waals surface area contributed by atoms with Gasteiger partial charge in [-0.15, -0.1) is 0 Å². The third kappa shape index (κ3) is 4.77. The van der Waals surface area contributed by atoms with Gasteiger partial charge in [-0.05, 0) is 55.5 Å². The molecule has 1 N–H and O–H groups in total. The number of carbonyl (C=O) groups excluding carboxylic acids is 1. The predicted octanol–water partition coefficient (Wildman–Crippen LogP) is 3.98. The van der Waals surface area contributed by atoms with E-state index in [9.17, 15) is 17.6 Å². The highest BCUT2D eigenvalue weighted by molar-refractivity contribution is 7.92. The molecule has 3 rings (SSSR count). The van der Waals surface area contributed by atoms with Crippen LogP contribution in [0.2, 0.25) is 0 Å². The van der Waals surface area contributed by atoms with Crippen LogP contribution >= 0.6 is 0 Å². The third-order valence-electron chi connectivity index (χ3n) is 4.38. The van der Waals surface area contributed by atoms with E-state index >= 15 is 0 Å². The number of rotatable bonds is 7. The van der Waals surface area contributed by atoms with Gasteiger partial charge in [0.2, 0.25) is 5.91 Å². The normalized spacial score (nSPS) is 11.0. The minimum Gasteiger partial charge on any atom is -0.495 e. The van der Waals surface area contributed by atoms with Gasteiger partial charge in [-0.2, -0.15) is 0 Å². The second-order valence-corrected chi connectivity index (χ2v) is 8.41. The zero-order chi connectivity index (χ0) is 21.7. The Labute approximate surface area is 175 Å². The van der Waals surface area contributed by atoms with Crippen LogP contribution in [-0.2, 0) is 14.8 Å². The van der Waals surface area contributed by atoms with Crippen LogP contribution < -0.4 is 14.4 Å². The number of sulfonamides is 1. The quantitative estimate of drug-likeness (QED) is 0.618. The number of halogens is 1. The average Bonchev–Trinajstić information content (AvgIpc) is 2.74. The molecule has 0 unspecified atom stereocenters. The summed E-state index contributed by atoms with van der Waals surface area (Å²) >= 11 is 0. The summed E-state index contributed by atoms with van der Waals surface area (Å²) in [6, 6.07) is 18.1. The van der Waals surface area contributed by atoms with Crippen molar-refractivity contribution in [1.82, 2.24) is 0 Å². The zero-order valence-corrected chi connectivity index (χ0v) is 17.3. The summed E-state index contributed by atoms with van der Waals surface area (Å²) in [4.78, 5) is 12.7. The third-order valence-corrected chi connectivity index (χ3v) is 6.15. The Morgan fingerprint density at radius 1 is 1.00 bits per heavy atom. The second kappa shape index (κ2) is 8.96. The van der Waals surface area contributed by atoms with E-state index in [-0.39, 0.29) is 10.6 Å². The first-order valence-corrected chi connectivity index (χ1v) is 10.5. The van der Waals surface area contributed by atoms with E-state index in [0.29, 0.717) is 11.4 Å². The Balaban J connectivity index is 1.98. The molecule has 3 aromatic carbocycles. The van der Waals surface area contributed by atoms with Crippen molar-refractivity contribution in [2.24, 2.45) is 0 Å². The van der Waals surface area contributed by atoms with Crippen molar-refractivity contribution in [3.05, 3.63) is 84.2 Å². The van der Waals surface area contributed by atoms with Crippen molar-refractivity contribution in [3.8, 4) is 5.75 Å². The highest BCUT2D eigenvalue weighted by Gasteiger charge is 2.29. The Bertz CT molecular complexity index is 1130. The molecular formula is C22H21FN2O4S. The molecule has 0 spiro atoms. The number of aryl methyl sites for hydroxylation is 1. The molecule has 30 heavy (non-hydrogen) atoms. The smallest absolute Gasteiger partial charge is 0.264 e. The Hall–Kier alpha value is -3.39. The number of amides is 1. The molecule has 0 saturated heterocycles. The van der Waals surface area contributed by atoms with Crippen molar-refractivity contribution in [2.75, 3.05) is 23.3 Å². The van der Waals surface area contributed by atoms with Crippen LogP contribution in [0.1, 0.15) is 5.56 Å². The first kappa shape index (κ1) is 21.3. The number of nitrogens with one attached hydrogen (secondary N) is 1. The summed E-state index contributed by atoms with van der Waals surface area (Å²) in [5.74, 6) is -0.712. The van der Waals surface area contributed by atoms with Crippen LogP contribution in [0.15, 0.2) is 77.7 Å². The average molecular weight is 428 g/mol. The van der Waals surface area contributed by atoms with Crippen molar-refractivity contribution in [2.45, 2.75) is 11.8 Å². The summed E-state index contributed by atoms with van der Waals surface area (Å²) < 4.78 is 46.2. The number of hydrogen-bond donors (Lipinski definition) is 1. The number of anilines is 2. The number of hydrogen-bond acceptors (Lipinski definition) is 4. The van der Waals surface area contributed by atoms with Crippen LogP contribution in [0.4, 0.5) is 15.8 Å². The minimum atomic E-state index is -4.07. The zero-order valence-electron chi connectivity index (χ0n) is 16.5. The van der Waals surface area contributed by atoms with Gasteiger partial charge in [0.1, 0.15) is 18.1 Å². The molecule has 0 aliphatic rings. The molecule has 8 heteroatoms. The van der Waals surface area contributed by atoms with Gasteiger partial charge in [-0.3, -0.25) is 9.10 Å². The number of para-hydroxylation sites is 2. The van der Waals surface area contributed by atoms with Gasteiger partial charge in [0.05, 0.1) is 17.7 Å². The first-order chi connectivity index (χ1) is 14.3. The number of benzene rings is 3. The molecule has 0 radical (unpaired) electrons. The van der Waals surface area contributed by atoms with Gasteiger partial charge in [0.25, 0.3) is 10.0 Å². The molecular weight excluding hydrogens is 407 g/mol. The summed E-state index contributed by atoms with van der Waals surface area (Å²) in [7, 11) is -2.64. The van der Waals surface area contributed by atoms with Gasteiger partial charge < -0.3 is 10.1 Å². The van der Waals surface area contributed by atoms with E-state index < -0.39 is 28.3 Å². The van der Waals surface area contributed by atoms with E-state index in [0.717, 1.165) is 9.87 Å². The van der Waals surface area contributed by atoms with Crippen molar-refractivity contribution >= 4 is 27.3 Å². The summed E-state index contributed by atoms with van der Waals surface area (Å²) in [5.41, 5.74) is 1.50. The Kier molecular flexibility index (Phi) is 6.37. The van der Waals surface area contributed by atoms with Crippen LogP contribution in [0.3, 0.4) is 0 Å². The molecule has 156 valence electrons. The molecule has 0 aliphatic heterocycles. The van der Waals surface area contributed by atoms with E-state index in [2.05, 4.69) is 5.32 Å². The maximum atomic E-state index is 13.4. The first-order valence-electron chi connectivity index (χ1n) is 9.09. The lowest BCUT2D eigenvalue weighted by molar-refractivity contribution is -0.114. The molecule has 1 amide bonds. The highest BCUT2D eigenvalue weighted by Crippen LogP contribution is 2.32. The predicted molar refractivity (Wildman–Crippen MR) is 114 cm³/mol.